The number of hydrogen-bond acceptors (Lipinski definition) is 7. The molecular weight excluding hydrogens is 650 g/mol. The minimum absolute atomic E-state index is 0.0898. The first-order chi connectivity index (χ1) is 23.4. The van der Waals surface area contributed by atoms with Crippen LogP contribution in [0, 0.1) is 0 Å². The van der Waals surface area contributed by atoms with Crippen LogP contribution in [0.3, 0.4) is 0 Å². The fraction of sp³-hybridized carbons (Fsp3) is 0.689. The zero-order valence-electron chi connectivity index (χ0n) is 35.5. The molecule has 0 amide bonds. The van der Waals surface area contributed by atoms with Gasteiger partial charge in [0.1, 0.15) is 24.2 Å². The second-order valence-electron chi connectivity index (χ2n) is 20.6. The number of likely N-dealkylation sites (tertiary alicyclic amines) is 1. The second kappa shape index (κ2) is 15.4. The Morgan fingerprint density at radius 2 is 1.04 bits per heavy atom. The van der Waals surface area contributed by atoms with E-state index in [1.165, 1.54) is 0 Å². The van der Waals surface area contributed by atoms with Gasteiger partial charge in [0.25, 0.3) is 0 Å². The van der Waals surface area contributed by atoms with Crippen molar-refractivity contribution in [3.63, 3.8) is 0 Å². The number of aryl methyl sites for hydroxylation is 2. The highest BCUT2D eigenvalue weighted by molar-refractivity contribution is 5.71. The molecule has 2 aromatic carbocycles. The maximum atomic E-state index is 13.2. The monoisotopic (exact) mass is 722 g/mol. The van der Waals surface area contributed by atoms with Crippen molar-refractivity contribution in [2.75, 3.05) is 13.2 Å². The summed E-state index contributed by atoms with van der Waals surface area (Å²) in [7, 11) is 0. The molecule has 1 saturated heterocycles. The number of benzene rings is 2. The molecule has 0 bridgehead atoms. The number of carbonyl (C=O) groups is 2. The van der Waals surface area contributed by atoms with Crippen LogP contribution in [0.4, 0.5) is 0 Å². The minimum Gasteiger partial charge on any atom is -0.507 e. The van der Waals surface area contributed by atoms with Crippen LogP contribution in [0.5, 0.6) is 11.5 Å². The first-order valence-corrected chi connectivity index (χ1v) is 19.3. The summed E-state index contributed by atoms with van der Waals surface area (Å²) in [5.41, 5.74) is 4.36. The lowest BCUT2D eigenvalue weighted by molar-refractivity contribution is -0.163. The first-order valence-electron chi connectivity index (χ1n) is 19.3. The van der Waals surface area contributed by atoms with Gasteiger partial charge in [0, 0.05) is 43.3 Å². The molecule has 1 aliphatic rings. The normalized spacial score (nSPS) is 17.2. The highest BCUT2D eigenvalue weighted by Gasteiger charge is 2.46. The number of aromatic hydroxyl groups is 2. The van der Waals surface area contributed by atoms with Crippen LogP contribution in [-0.4, -0.2) is 57.4 Å². The van der Waals surface area contributed by atoms with E-state index in [4.69, 9.17) is 9.47 Å². The molecule has 2 N–H and O–H groups in total. The molecule has 0 aliphatic carbocycles. The molecule has 0 spiro atoms. The second-order valence-corrected chi connectivity index (χ2v) is 20.6. The molecule has 1 heterocycles. The van der Waals surface area contributed by atoms with Crippen LogP contribution in [0.2, 0.25) is 0 Å². The van der Waals surface area contributed by atoms with Crippen molar-refractivity contribution in [3.8, 4) is 11.5 Å². The Hall–Kier alpha value is -3.06. The maximum Gasteiger partial charge on any atom is 0.306 e. The molecule has 1 fully saturated rings. The third-order valence-corrected chi connectivity index (χ3v) is 10.7. The molecule has 7 nitrogen and oxygen atoms in total. The van der Waals surface area contributed by atoms with Gasteiger partial charge in [0.2, 0.25) is 0 Å². The highest BCUT2D eigenvalue weighted by atomic mass is 16.5. The molecule has 0 unspecified atom stereocenters. The number of ether oxygens (including phenoxy) is 2. The standard InChI is InChI=1S/C45H71NO6/c1-40(2,3)31-23-29(38(49)34(25-31)42(7,8)9)17-19-36(47)51-22-21-46-44(13,14)27-33(28-45(46,15)16)52-37(48)20-18-30-24-32(41(4,5)6)26-35(39(30)50)43(10,11)12/h23-26,33,49-50H,17-22,27-28H2,1-16H3. The number of carbonyl (C=O) groups excluding carboxylic acids is 2. The maximum absolute atomic E-state index is 13.2. The minimum atomic E-state index is -0.303. The number of hydrogen-bond donors (Lipinski definition) is 2. The molecule has 0 saturated carbocycles. The van der Waals surface area contributed by atoms with Gasteiger partial charge < -0.3 is 19.7 Å². The Morgan fingerprint density at radius 1 is 0.654 bits per heavy atom. The van der Waals surface area contributed by atoms with Gasteiger partial charge in [0.15, 0.2) is 0 Å². The Morgan fingerprint density at radius 3 is 1.40 bits per heavy atom. The molecular formula is C45H71NO6. The van der Waals surface area contributed by atoms with E-state index in [2.05, 4.69) is 128 Å². The van der Waals surface area contributed by atoms with E-state index in [0.29, 0.717) is 32.2 Å². The molecule has 0 radical (unpaired) electrons. The van der Waals surface area contributed by atoms with Gasteiger partial charge in [-0.15, -0.1) is 0 Å². The van der Waals surface area contributed by atoms with Crippen molar-refractivity contribution >= 4 is 11.9 Å². The predicted octanol–water partition coefficient (Wildman–Crippen LogP) is 9.96. The van der Waals surface area contributed by atoms with E-state index in [-0.39, 0.29) is 81.7 Å². The lowest BCUT2D eigenvalue weighted by atomic mass is 9.78. The van der Waals surface area contributed by atoms with E-state index in [9.17, 15) is 19.8 Å². The molecule has 292 valence electrons. The van der Waals surface area contributed by atoms with E-state index < -0.39 is 0 Å². The largest absolute Gasteiger partial charge is 0.507 e. The molecule has 1 aliphatic heterocycles. The third kappa shape index (κ3) is 11.0. The predicted molar refractivity (Wildman–Crippen MR) is 213 cm³/mol. The van der Waals surface area contributed by atoms with Crippen molar-refractivity contribution in [1.82, 2.24) is 4.90 Å². The van der Waals surface area contributed by atoms with Crippen LogP contribution >= 0.6 is 0 Å². The lowest BCUT2D eigenvalue weighted by Crippen LogP contribution is -2.63. The molecule has 0 atom stereocenters. The number of nitrogens with zero attached hydrogens (tertiary/aromatic N) is 1. The fourth-order valence-corrected chi connectivity index (χ4v) is 7.74. The van der Waals surface area contributed by atoms with E-state index in [1.54, 1.807) is 0 Å². The number of phenolic OH excluding ortho intramolecular Hbond substituents is 2. The average molecular weight is 722 g/mol. The Kier molecular flexibility index (Phi) is 12.8. The average Bonchev–Trinajstić information content (AvgIpc) is 2.94. The van der Waals surface area contributed by atoms with Crippen molar-refractivity contribution in [2.45, 2.75) is 188 Å². The van der Waals surface area contributed by atoms with Crippen molar-refractivity contribution < 1.29 is 29.3 Å². The van der Waals surface area contributed by atoms with Crippen LogP contribution in [0.15, 0.2) is 24.3 Å². The highest BCUT2D eigenvalue weighted by Crippen LogP contribution is 2.41. The summed E-state index contributed by atoms with van der Waals surface area (Å²) in [6, 6.07) is 8.24. The Labute approximate surface area is 315 Å². The number of piperidine rings is 1. The fourth-order valence-electron chi connectivity index (χ4n) is 7.74. The number of phenols is 2. The third-order valence-electron chi connectivity index (χ3n) is 10.7. The van der Waals surface area contributed by atoms with Crippen molar-refractivity contribution in [3.05, 3.63) is 57.6 Å². The van der Waals surface area contributed by atoms with Crippen LogP contribution in [0.1, 0.15) is 170 Å². The number of esters is 2. The van der Waals surface area contributed by atoms with Crippen molar-refractivity contribution in [2.24, 2.45) is 0 Å². The number of rotatable bonds is 10. The van der Waals surface area contributed by atoms with Gasteiger partial charge in [0.05, 0.1) is 0 Å². The molecule has 0 aromatic heterocycles. The Bertz CT molecular complexity index is 1570. The van der Waals surface area contributed by atoms with Gasteiger partial charge in [-0.25, -0.2) is 0 Å². The SMILES string of the molecule is CC(C)(C)c1cc(CCC(=O)OCCN2C(C)(C)CC(OC(=O)CCc3cc(C(C)(C)C)cc(C(C)(C)C)c3O)CC2(C)C)c(O)c(C(C)(C)C)c1. The van der Waals surface area contributed by atoms with Crippen LogP contribution in [-0.2, 0) is 53.6 Å². The summed E-state index contributed by atoms with van der Waals surface area (Å²) < 4.78 is 11.9. The molecule has 2 aromatic rings. The molecule has 7 heteroatoms. The molecule has 52 heavy (non-hydrogen) atoms. The molecule has 3 rings (SSSR count). The van der Waals surface area contributed by atoms with Gasteiger partial charge in [-0.3, -0.25) is 14.5 Å². The summed E-state index contributed by atoms with van der Waals surface area (Å²) in [6.45, 7) is 34.9. The van der Waals surface area contributed by atoms with Gasteiger partial charge >= 0.3 is 11.9 Å². The summed E-state index contributed by atoms with van der Waals surface area (Å²) in [4.78, 5) is 28.6. The quantitative estimate of drug-likeness (QED) is 0.236. The summed E-state index contributed by atoms with van der Waals surface area (Å²) >= 11 is 0. The summed E-state index contributed by atoms with van der Waals surface area (Å²) in [5.74, 6) is -0.00778. The van der Waals surface area contributed by atoms with E-state index in [1.807, 2.05) is 12.1 Å². The summed E-state index contributed by atoms with van der Waals surface area (Å²) in [6.07, 6.45) is 2.27. The zero-order chi connectivity index (χ0) is 39.8. The van der Waals surface area contributed by atoms with Crippen LogP contribution < -0.4 is 0 Å². The van der Waals surface area contributed by atoms with E-state index in [0.717, 1.165) is 33.4 Å². The Balaban J connectivity index is 1.60. The van der Waals surface area contributed by atoms with Gasteiger partial charge in [-0.2, -0.15) is 0 Å². The lowest BCUT2D eigenvalue weighted by Gasteiger charge is -2.54. The van der Waals surface area contributed by atoms with E-state index >= 15 is 0 Å². The zero-order valence-corrected chi connectivity index (χ0v) is 35.5. The van der Waals surface area contributed by atoms with Crippen molar-refractivity contribution in [1.29, 1.82) is 0 Å². The van der Waals surface area contributed by atoms with Gasteiger partial charge in [-0.05, 0) is 95.6 Å². The van der Waals surface area contributed by atoms with Gasteiger partial charge in [-0.1, -0.05) is 107 Å². The summed E-state index contributed by atoms with van der Waals surface area (Å²) in [5, 5.41) is 22.3. The smallest absolute Gasteiger partial charge is 0.306 e. The van der Waals surface area contributed by atoms with Crippen LogP contribution in [0.25, 0.3) is 0 Å². The first kappa shape index (κ1) is 43.3. The topological polar surface area (TPSA) is 96.3 Å².